The third kappa shape index (κ3) is 7.75. The lowest BCUT2D eigenvalue weighted by Gasteiger charge is -2.23. The minimum Gasteiger partial charge on any atom is -0.457 e. The standard InChI is InChI=1S/C44H40N6O7/c51-37(29-9-3-1-4-10-29)39(53)43(55)49-23-7-13-35(49)41-45-25-33(47-41)27-15-19-31(20-16-27)57-32-21-17-28(18-22-32)34-26-46-42(48-34)36-14-8-24-50(36)44(56)40(54)38(52)30-11-5-2-6-12-30/h1-6,9-12,15-22,25-26,35-38,51-52H,7-8,13-14,23-24H2,(H,45,47)(H,46,48)/t35-,36-,37-,38+/m0/s1. The van der Waals surface area contributed by atoms with Crippen molar-refractivity contribution in [2.75, 3.05) is 13.1 Å². The van der Waals surface area contributed by atoms with Gasteiger partial charge >= 0.3 is 0 Å². The summed E-state index contributed by atoms with van der Waals surface area (Å²) in [5.41, 5.74) is 3.96. The third-order valence-electron chi connectivity index (χ3n) is 10.6. The molecule has 0 spiro atoms. The summed E-state index contributed by atoms with van der Waals surface area (Å²) in [6, 6.07) is 31.0. The van der Waals surface area contributed by atoms with Crippen LogP contribution in [-0.4, -0.2) is 76.4 Å². The normalized spacial score (nSPS) is 17.6. The van der Waals surface area contributed by atoms with E-state index in [2.05, 4.69) is 19.9 Å². The molecule has 288 valence electrons. The Morgan fingerprint density at radius 2 is 0.965 bits per heavy atom. The summed E-state index contributed by atoms with van der Waals surface area (Å²) in [5, 5.41) is 21.1. The van der Waals surface area contributed by atoms with Crippen molar-refractivity contribution in [3.8, 4) is 34.0 Å². The van der Waals surface area contributed by atoms with E-state index in [-0.39, 0.29) is 0 Å². The van der Waals surface area contributed by atoms with E-state index in [0.29, 0.717) is 73.0 Å². The molecule has 0 radical (unpaired) electrons. The van der Waals surface area contributed by atoms with E-state index < -0.39 is 47.7 Å². The van der Waals surface area contributed by atoms with Crippen molar-refractivity contribution in [3.05, 3.63) is 144 Å². The summed E-state index contributed by atoms with van der Waals surface area (Å²) in [6.45, 7) is 0.797. The second-order valence-electron chi connectivity index (χ2n) is 14.2. The molecule has 0 bridgehead atoms. The van der Waals surface area contributed by atoms with E-state index in [4.69, 9.17) is 4.74 Å². The van der Waals surface area contributed by atoms with Crippen molar-refractivity contribution in [1.29, 1.82) is 0 Å². The number of carbonyl (C=O) groups excluding carboxylic acids is 4. The first-order valence-corrected chi connectivity index (χ1v) is 18.9. The lowest BCUT2D eigenvalue weighted by Crippen LogP contribution is -2.38. The average Bonchev–Trinajstić information content (AvgIpc) is 4.11. The molecule has 4 N–H and O–H groups in total. The van der Waals surface area contributed by atoms with Crippen LogP contribution in [0.2, 0.25) is 0 Å². The van der Waals surface area contributed by atoms with Gasteiger partial charge in [-0.2, -0.15) is 0 Å². The zero-order valence-corrected chi connectivity index (χ0v) is 30.8. The number of ketones is 2. The number of likely N-dealkylation sites (tertiary alicyclic amines) is 2. The van der Waals surface area contributed by atoms with Gasteiger partial charge in [-0.1, -0.05) is 60.7 Å². The van der Waals surface area contributed by atoms with Gasteiger partial charge in [0.2, 0.25) is 0 Å². The number of hydrogen-bond donors (Lipinski definition) is 4. The van der Waals surface area contributed by atoms with Gasteiger partial charge in [0.25, 0.3) is 23.4 Å². The molecule has 2 aromatic heterocycles. The van der Waals surface area contributed by atoms with Gasteiger partial charge in [0.05, 0.1) is 35.9 Å². The summed E-state index contributed by atoms with van der Waals surface area (Å²) in [6.07, 6.45) is 3.06. The summed E-state index contributed by atoms with van der Waals surface area (Å²) >= 11 is 0. The zero-order valence-electron chi connectivity index (χ0n) is 30.8. The number of nitrogens with zero attached hydrogens (tertiary/aromatic N) is 4. The van der Waals surface area contributed by atoms with Gasteiger partial charge in [0.1, 0.15) is 35.4 Å². The van der Waals surface area contributed by atoms with Crippen LogP contribution in [-0.2, 0) is 19.2 Å². The van der Waals surface area contributed by atoms with Crippen molar-refractivity contribution >= 4 is 23.4 Å². The number of nitrogens with one attached hydrogen (secondary N) is 2. The molecule has 2 amide bonds. The van der Waals surface area contributed by atoms with Gasteiger partial charge in [-0.15, -0.1) is 0 Å². The van der Waals surface area contributed by atoms with Crippen molar-refractivity contribution in [3.63, 3.8) is 0 Å². The number of hydrogen-bond acceptors (Lipinski definition) is 9. The highest BCUT2D eigenvalue weighted by Crippen LogP contribution is 2.35. The molecule has 8 rings (SSSR count). The predicted molar refractivity (Wildman–Crippen MR) is 208 cm³/mol. The molecule has 2 aliphatic rings. The van der Waals surface area contributed by atoms with Crippen LogP contribution in [0.25, 0.3) is 22.5 Å². The first kappa shape index (κ1) is 37.2. The van der Waals surface area contributed by atoms with Crippen molar-refractivity contribution < 1.29 is 34.1 Å². The Morgan fingerprint density at radius 1 is 0.579 bits per heavy atom. The van der Waals surface area contributed by atoms with Gasteiger partial charge in [0.15, 0.2) is 0 Å². The molecule has 0 saturated carbocycles. The highest BCUT2D eigenvalue weighted by Gasteiger charge is 2.39. The maximum absolute atomic E-state index is 13.2. The van der Waals surface area contributed by atoms with Crippen LogP contribution in [0.4, 0.5) is 0 Å². The Morgan fingerprint density at radius 3 is 1.35 bits per heavy atom. The number of ether oxygens (including phenoxy) is 1. The van der Waals surface area contributed by atoms with E-state index >= 15 is 0 Å². The van der Waals surface area contributed by atoms with Crippen LogP contribution in [0.5, 0.6) is 11.5 Å². The van der Waals surface area contributed by atoms with Gasteiger partial charge in [-0.3, -0.25) is 19.2 Å². The molecule has 13 heteroatoms. The second kappa shape index (κ2) is 16.2. The van der Waals surface area contributed by atoms with E-state index in [9.17, 15) is 29.4 Å². The quantitative estimate of drug-likeness (QED) is 0.106. The van der Waals surface area contributed by atoms with Crippen LogP contribution >= 0.6 is 0 Å². The Balaban J connectivity index is 0.876. The largest absolute Gasteiger partial charge is 0.457 e. The number of amides is 2. The molecule has 6 aromatic rings. The van der Waals surface area contributed by atoms with Gasteiger partial charge in [-0.05, 0) is 96.5 Å². The number of aliphatic hydroxyl groups is 2. The van der Waals surface area contributed by atoms with E-state index in [1.54, 1.807) is 73.1 Å². The molecular formula is C44H40N6O7. The lowest BCUT2D eigenvalue weighted by molar-refractivity contribution is -0.150. The van der Waals surface area contributed by atoms with Gasteiger partial charge in [0, 0.05) is 13.1 Å². The van der Waals surface area contributed by atoms with Crippen LogP contribution in [0.3, 0.4) is 0 Å². The number of aromatic amines is 2. The molecule has 0 aliphatic carbocycles. The Bertz CT molecular complexity index is 2210. The fourth-order valence-corrected chi connectivity index (χ4v) is 7.53. The highest BCUT2D eigenvalue weighted by molar-refractivity contribution is 6.38. The first-order chi connectivity index (χ1) is 27.7. The smallest absolute Gasteiger partial charge is 0.293 e. The maximum atomic E-state index is 13.2. The zero-order chi connectivity index (χ0) is 39.5. The highest BCUT2D eigenvalue weighted by atomic mass is 16.5. The number of Topliss-reactive ketones (excluding diaryl/α,β-unsaturated/α-hetero) is 2. The molecule has 0 unspecified atom stereocenters. The van der Waals surface area contributed by atoms with Gasteiger partial charge in [-0.25, -0.2) is 9.97 Å². The number of carbonyl (C=O) groups is 4. The van der Waals surface area contributed by atoms with E-state index in [0.717, 1.165) is 22.5 Å². The molecule has 13 nitrogen and oxygen atoms in total. The van der Waals surface area contributed by atoms with Gasteiger partial charge < -0.3 is 34.7 Å². The number of aliphatic hydroxyl groups excluding tert-OH is 2. The van der Waals surface area contributed by atoms with Crippen molar-refractivity contribution in [1.82, 2.24) is 29.7 Å². The van der Waals surface area contributed by atoms with Crippen LogP contribution < -0.4 is 4.74 Å². The van der Waals surface area contributed by atoms with Crippen molar-refractivity contribution in [2.24, 2.45) is 0 Å². The Labute approximate surface area is 328 Å². The lowest BCUT2D eigenvalue weighted by atomic mass is 10.0. The number of H-pyrrole nitrogens is 2. The minimum atomic E-state index is -1.52. The first-order valence-electron chi connectivity index (χ1n) is 18.9. The van der Waals surface area contributed by atoms with Crippen molar-refractivity contribution in [2.45, 2.75) is 50.0 Å². The number of aromatic nitrogens is 4. The minimum absolute atomic E-state index is 0.376. The van der Waals surface area contributed by atoms with E-state index in [1.165, 1.54) is 9.80 Å². The van der Waals surface area contributed by atoms with E-state index in [1.807, 2.05) is 48.5 Å². The SMILES string of the molecule is O=C(C(=O)N1CCC[C@H]1c1ncc(-c2ccc(Oc3ccc(-c4cnc([C@@H]5CCCN5C(=O)C(=O)[C@H](O)c5ccccc5)[nH]4)cc3)cc2)[nH]1)[C@@H](O)c1ccccc1. The average molecular weight is 765 g/mol. The predicted octanol–water partition coefficient (Wildman–Crippen LogP) is 6.19. The Hall–Kier alpha value is -6.70. The maximum Gasteiger partial charge on any atom is 0.293 e. The number of imidazole rings is 2. The molecule has 57 heavy (non-hydrogen) atoms. The van der Waals surface area contributed by atoms with Crippen LogP contribution in [0, 0.1) is 0 Å². The molecule has 4 atom stereocenters. The second-order valence-corrected chi connectivity index (χ2v) is 14.2. The molecule has 2 aliphatic heterocycles. The summed E-state index contributed by atoms with van der Waals surface area (Å²) in [5.74, 6) is -0.786. The Kier molecular flexibility index (Phi) is 10.6. The molecule has 4 aromatic carbocycles. The fraction of sp³-hybridized carbons (Fsp3) is 0.227. The molecule has 2 saturated heterocycles. The monoisotopic (exact) mass is 764 g/mol. The summed E-state index contributed by atoms with van der Waals surface area (Å²) in [4.78, 5) is 70.9. The molecule has 2 fully saturated rings. The summed E-state index contributed by atoms with van der Waals surface area (Å²) < 4.78 is 6.12. The van der Waals surface area contributed by atoms with Crippen LogP contribution in [0.15, 0.2) is 122 Å². The number of benzene rings is 4. The summed E-state index contributed by atoms with van der Waals surface area (Å²) in [7, 11) is 0. The topological polar surface area (TPSA) is 182 Å². The van der Waals surface area contributed by atoms with Crippen LogP contribution in [0.1, 0.15) is 72.8 Å². The number of rotatable bonds is 12. The molecule has 4 heterocycles. The molecular weight excluding hydrogens is 725 g/mol. The third-order valence-corrected chi connectivity index (χ3v) is 10.6. The fourth-order valence-electron chi connectivity index (χ4n) is 7.53.